The summed E-state index contributed by atoms with van der Waals surface area (Å²) in [6.07, 6.45) is 1.48. The standard InChI is InChI=1S/C18H19N7O4/c1-23-8-9(15(26)24(2)18(23)27)14-21-16(19)22-17-20-10-6-12-13(7-11(10)25(14)17)29-5-3-4-28-12/h6-8,14H,3-5H2,1-2H3,(H3,19,20,21,22). The van der Waals surface area contributed by atoms with Crippen molar-refractivity contribution in [1.29, 1.82) is 0 Å². The molecule has 0 radical (unpaired) electrons. The van der Waals surface area contributed by atoms with Crippen LogP contribution in [-0.2, 0) is 14.1 Å². The smallest absolute Gasteiger partial charge is 0.330 e. The molecule has 0 fully saturated rings. The highest BCUT2D eigenvalue weighted by molar-refractivity contribution is 5.95. The van der Waals surface area contributed by atoms with E-state index in [1.807, 2.05) is 6.07 Å². The van der Waals surface area contributed by atoms with Crippen molar-refractivity contribution in [2.75, 3.05) is 18.5 Å². The Morgan fingerprint density at radius 2 is 1.90 bits per heavy atom. The van der Waals surface area contributed by atoms with Gasteiger partial charge in [-0.05, 0) is 0 Å². The number of nitrogens with zero attached hydrogens (tertiary/aromatic N) is 5. The first kappa shape index (κ1) is 17.3. The monoisotopic (exact) mass is 397 g/mol. The van der Waals surface area contributed by atoms with Gasteiger partial charge in [-0.25, -0.2) is 14.8 Å². The van der Waals surface area contributed by atoms with Gasteiger partial charge in [-0.15, -0.1) is 0 Å². The quantitative estimate of drug-likeness (QED) is 0.585. The third-order valence-corrected chi connectivity index (χ3v) is 5.06. The van der Waals surface area contributed by atoms with Crippen molar-refractivity contribution in [3.63, 3.8) is 0 Å². The average Bonchev–Trinajstić information content (AvgIpc) is 2.88. The molecule has 2 aromatic heterocycles. The molecule has 29 heavy (non-hydrogen) atoms. The van der Waals surface area contributed by atoms with Gasteiger partial charge in [0.1, 0.15) is 0 Å². The molecule has 3 aromatic rings. The molecule has 0 bridgehead atoms. The van der Waals surface area contributed by atoms with Crippen LogP contribution in [0.5, 0.6) is 11.5 Å². The van der Waals surface area contributed by atoms with E-state index in [4.69, 9.17) is 15.2 Å². The van der Waals surface area contributed by atoms with E-state index in [0.717, 1.165) is 11.0 Å². The first-order valence-electron chi connectivity index (χ1n) is 9.12. The number of rotatable bonds is 1. The number of aryl methyl sites for hydroxylation is 1. The molecule has 0 amide bonds. The molecule has 5 rings (SSSR count). The predicted molar refractivity (Wildman–Crippen MR) is 106 cm³/mol. The van der Waals surface area contributed by atoms with Crippen LogP contribution in [0.4, 0.5) is 5.95 Å². The zero-order chi connectivity index (χ0) is 20.3. The molecule has 0 saturated heterocycles. The Labute approximate surface area is 164 Å². The zero-order valence-electron chi connectivity index (χ0n) is 15.9. The van der Waals surface area contributed by atoms with Gasteiger partial charge in [0.15, 0.2) is 23.6 Å². The fourth-order valence-electron chi connectivity index (χ4n) is 3.65. The van der Waals surface area contributed by atoms with Gasteiger partial charge in [-0.3, -0.25) is 19.2 Å². The molecule has 150 valence electrons. The number of guanidine groups is 1. The number of nitrogens with one attached hydrogen (secondary N) is 1. The van der Waals surface area contributed by atoms with Gasteiger partial charge in [0, 0.05) is 38.8 Å². The first-order valence-corrected chi connectivity index (χ1v) is 9.12. The van der Waals surface area contributed by atoms with Crippen LogP contribution in [0.25, 0.3) is 11.0 Å². The van der Waals surface area contributed by atoms with Crippen LogP contribution >= 0.6 is 0 Å². The molecular weight excluding hydrogens is 378 g/mol. The summed E-state index contributed by atoms with van der Waals surface area (Å²) in [6, 6.07) is 3.62. The minimum atomic E-state index is -0.786. The summed E-state index contributed by atoms with van der Waals surface area (Å²) in [7, 11) is 3.01. The van der Waals surface area contributed by atoms with Crippen molar-refractivity contribution < 1.29 is 9.47 Å². The Hall–Kier alpha value is -3.76. The molecule has 2 aliphatic heterocycles. The number of anilines is 1. The third-order valence-electron chi connectivity index (χ3n) is 5.06. The maximum atomic E-state index is 12.8. The van der Waals surface area contributed by atoms with Crippen LogP contribution in [0, 0.1) is 0 Å². The zero-order valence-corrected chi connectivity index (χ0v) is 15.9. The van der Waals surface area contributed by atoms with Crippen LogP contribution in [0.15, 0.2) is 32.9 Å². The number of fused-ring (bicyclic) bond motifs is 4. The first-order chi connectivity index (χ1) is 13.9. The summed E-state index contributed by atoms with van der Waals surface area (Å²) in [5, 5.41) is 2.93. The number of ether oxygens (including phenoxy) is 2. The maximum absolute atomic E-state index is 12.8. The van der Waals surface area contributed by atoms with Crippen molar-refractivity contribution in [2.45, 2.75) is 12.6 Å². The maximum Gasteiger partial charge on any atom is 0.330 e. The number of aromatic nitrogens is 4. The number of hydrogen-bond donors (Lipinski definition) is 2. The van der Waals surface area contributed by atoms with Gasteiger partial charge in [-0.2, -0.15) is 0 Å². The lowest BCUT2D eigenvalue weighted by Crippen LogP contribution is -2.41. The van der Waals surface area contributed by atoms with Crippen LogP contribution in [-0.4, -0.2) is 37.9 Å². The van der Waals surface area contributed by atoms with Crippen LogP contribution < -0.4 is 31.8 Å². The fraction of sp³-hybridized carbons (Fsp3) is 0.333. The average molecular weight is 397 g/mol. The van der Waals surface area contributed by atoms with Crippen LogP contribution in [0.2, 0.25) is 0 Å². The summed E-state index contributed by atoms with van der Waals surface area (Å²) >= 11 is 0. The van der Waals surface area contributed by atoms with E-state index in [1.165, 1.54) is 17.8 Å². The Bertz CT molecular complexity index is 1300. The lowest BCUT2D eigenvalue weighted by atomic mass is 10.2. The number of aliphatic imine (C=N–C) groups is 1. The van der Waals surface area contributed by atoms with Gasteiger partial charge in [0.05, 0.1) is 29.8 Å². The van der Waals surface area contributed by atoms with E-state index in [-0.39, 0.29) is 5.96 Å². The van der Waals surface area contributed by atoms with Crippen molar-refractivity contribution in [2.24, 2.45) is 24.8 Å². The molecule has 1 aromatic carbocycles. The topological polar surface area (TPSA) is 131 Å². The second-order valence-corrected chi connectivity index (χ2v) is 7.00. The van der Waals surface area contributed by atoms with E-state index >= 15 is 0 Å². The summed E-state index contributed by atoms with van der Waals surface area (Å²) in [5.74, 6) is 1.79. The van der Waals surface area contributed by atoms with Gasteiger partial charge in [0.2, 0.25) is 5.95 Å². The molecule has 2 aliphatic rings. The lowest BCUT2D eigenvalue weighted by molar-refractivity contribution is 0.297. The number of nitrogens with two attached hydrogens (primary N) is 1. The van der Waals surface area contributed by atoms with E-state index in [9.17, 15) is 9.59 Å². The van der Waals surface area contributed by atoms with E-state index < -0.39 is 17.4 Å². The highest BCUT2D eigenvalue weighted by Crippen LogP contribution is 2.38. The Morgan fingerprint density at radius 1 is 1.17 bits per heavy atom. The molecule has 1 unspecified atom stereocenters. The van der Waals surface area contributed by atoms with Gasteiger partial charge >= 0.3 is 5.69 Å². The van der Waals surface area contributed by atoms with Crippen LogP contribution in [0.3, 0.4) is 0 Å². The summed E-state index contributed by atoms with van der Waals surface area (Å²) in [5.41, 5.74) is 6.74. The van der Waals surface area contributed by atoms with Crippen molar-refractivity contribution in [3.8, 4) is 11.5 Å². The summed E-state index contributed by atoms with van der Waals surface area (Å²) in [4.78, 5) is 33.9. The Balaban J connectivity index is 1.77. The third kappa shape index (κ3) is 2.57. The molecule has 11 heteroatoms. The van der Waals surface area contributed by atoms with E-state index in [2.05, 4.69) is 15.3 Å². The van der Waals surface area contributed by atoms with Crippen molar-refractivity contribution in [1.82, 2.24) is 18.7 Å². The summed E-state index contributed by atoms with van der Waals surface area (Å²) in [6.45, 7) is 1.12. The van der Waals surface area contributed by atoms with Gasteiger partial charge in [0.25, 0.3) is 5.56 Å². The lowest BCUT2D eigenvalue weighted by Gasteiger charge is -2.24. The highest BCUT2D eigenvalue weighted by atomic mass is 16.5. The predicted octanol–water partition coefficient (Wildman–Crippen LogP) is -0.118. The van der Waals surface area contributed by atoms with Crippen molar-refractivity contribution >= 4 is 22.9 Å². The second-order valence-electron chi connectivity index (χ2n) is 7.00. The molecule has 3 N–H and O–H groups in total. The molecule has 4 heterocycles. The fourth-order valence-corrected chi connectivity index (χ4v) is 3.65. The molecule has 1 atom stereocenters. The molecule has 0 spiro atoms. The van der Waals surface area contributed by atoms with Crippen LogP contribution in [0.1, 0.15) is 18.2 Å². The number of benzene rings is 1. The molecule has 11 nitrogen and oxygen atoms in total. The largest absolute Gasteiger partial charge is 0.489 e. The normalized spacial score (nSPS) is 18.0. The molecular formula is C18H19N7O4. The second kappa shape index (κ2) is 6.12. The van der Waals surface area contributed by atoms with E-state index in [0.29, 0.717) is 47.3 Å². The number of hydrogen-bond acceptors (Lipinski definition) is 8. The molecule has 0 aliphatic carbocycles. The highest BCUT2D eigenvalue weighted by Gasteiger charge is 2.29. The molecule has 0 saturated carbocycles. The number of imidazole rings is 1. The Morgan fingerprint density at radius 3 is 2.66 bits per heavy atom. The van der Waals surface area contributed by atoms with Crippen molar-refractivity contribution in [3.05, 3.63) is 44.7 Å². The van der Waals surface area contributed by atoms with Gasteiger partial charge in [-0.1, -0.05) is 0 Å². The minimum absolute atomic E-state index is 0.128. The van der Waals surface area contributed by atoms with E-state index in [1.54, 1.807) is 17.7 Å². The SMILES string of the molecule is Cn1cc(C2N=C(N)Nc3nc4cc5c(cc4n32)OCCCO5)c(=O)n(C)c1=O. The Kier molecular flexibility index (Phi) is 3.66. The van der Waals surface area contributed by atoms with Gasteiger partial charge < -0.3 is 19.8 Å². The minimum Gasteiger partial charge on any atom is -0.489 e. The summed E-state index contributed by atoms with van der Waals surface area (Å²) < 4.78 is 15.7.